The van der Waals surface area contributed by atoms with Crippen molar-refractivity contribution in [1.82, 2.24) is 19.9 Å². The molecule has 0 saturated heterocycles. The highest BCUT2D eigenvalue weighted by Gasteiger charge is 1.86. The minimum atomic E-state index is 0. The molecule has 0 N–H and O–H groups in total. The summed E-state index contributed by atoms with van der Waals surface area (Å²) in [5, 5.41) is 0.297. The lowest BCUT2D eigenvalue weighted by molar-refractivity contribution is 1.10. The number of halogens is 4. The van der Waals surface area contributed by atoms with E-state index in [9.17, 15) is 0 Å². The number of hydrogen-bond acceptors (Lipinski definition) is 4. The monoisotopic (exact) mass is 540 g/mol. The van der Waals surface area contributed by atoms with Gasteiger partial charge in [-0.15, -0.1) is 0 Å². The maximum Gasteiger partial charge on any atom is 0.222 e. The van der Waals surface area contributed by atoms with Gasteiger partial charge in [0.15, 0.2) is 4.73 Å². The second-order valence-corrected chi connectivity index (χ2v) is 5.88. The van der Waals surface area contributed by atoms with Crippen molar-refractivity contribution >= 4 is 72.7 Å². The molecule has 2 heterocycles. The minimum Gasteiger partial charge on any atom is -0.230 e. The van der Waals surface area contributed by atoms with Crippen molar-refractivity contribution in [2.45, 2.75) is 7.43 Å². The Balaban J connectivity index is 0.000000284. The van der Waals surface area contributed by atoms with Crippen LogP contribution in [0.1, 0.15) is 7.43 Å². The van der Waals surface area contributed by atoms with Crippen LogP contribution in [0.5, 0.6) is 0 Å². The van der Waals surface area contributed by atoms with E-state index < -0.39 is 0 Å². The van der Waals surface area contributed by atoms with Crippen LogP contribution in [0.15, 0.2) is 29.5 Å². The molecule has 2 rings (SSSR count). The first kappa shape index (κ1) is 17.4. The molecule has 0 amide bonds. The average Bonchev–Trinajstić information content (AvgIpc) is 2.28. The van der Waals surface area contributed by atoms with Crippen LogP contribution in [-0.2, 0) is 0 Å². The third-order valence-corrected chi connectivity index (χ3v) is 2.90. The van der Waals surface area contributed by atoms with E-state index in [1.807, 2.05) is 0 Å². The molecule has 4 nitrogen and oxygen atoms in total. The van der Waals surface area contributed by atoms with Gasteiger partial charge in [-0.3, -0.25) is 0 Å². The fourth-order valence-corrected chi connectivity index (χ4v) is 1.45. The largest absolute Gasteiger partial charge is 0.230 e. The first-order valence-electron chi connectivity index (χ1n) is 3.84. The summed E-state index contributed by atoms with van der Waals surface area (Å²) in [4.78, 5) is 15.2. The zero-order chi connectivity index (χ0) is 12.0. The molecule has 0 unspecified atom stereocenters. The van der Waals surface area contributed by atoms with Gasteiger partial charge in [0, 0.05) is 31.9 Å². The van der Waals surface area contributed by atoms with Gasteiger partial charge in [-0.05, 0) is 72.7 Å². The summed E-state index contributed by atoms with van der Waals surface area (Å²) in [6.07, 6.45) is 6.82. The lowest BCUT2D eigenvalue weighted by Gasteiger charge is -1.85. The molecular formula is C9H8BrClI2N4. The first-order chi connectivity index (χ1) is 7.58. The van der Waals surface area contributed by atoms with Gasteiger partial charge < -0.3 is 0 Å². The highest BCUT2D eigenvalue weighted by Crippen LogP contribution is 2.03. The van der Waals surface area contributed by atoms with Crippen molar-refractivity contribution in [3.8, 4) is 0 Å². The van der Waals surface area contributed by atoms with E-state index in [1.165, 1.54) is 0 Å². The zero-order valence-electron chi connectivity index (χ0n) is 7.61. The van der Waals surface area contributed by atoms with Crippen LogP contribution in [-0.4, -0.2) is 19.9 Å². The summed E-state index contributed by atoms with van der Waals surface area (Å²) in [6, 6.07) is 0. The molecule has 8 heteroatoms. The Morgan fingerprint density at radius 2 is 1.24 bits per heavy atom. The van der Waals surface area contributed by atoms with Crippen molar-refractivity contribution in [1.29, 1.82) is 0 Å². The van der Waals surface area contributed by atoms with Gasteiger partial charge in [0.05, 0.1) is 0 Å². The molecule has 2 aromatic heterocycles. The topological polar surface area (TPSA) is 51.6 Å². The van der Waals surface area contributed by atoms with Gasteiger partial charge in [0.2, 0.25) is 5.28 Å². The summed E-state index contributed by atoms with van der Waals surface area (Å²) in [5.74, 6) is 0. The van der Waals surface area contributed by atoms with E-state index in [2.05, 4.69) is 81.0 Å². The smallest absolute Gasteiger partial charge is 0.222 e. The van der Waals surface area contributed by atoms with Crippen LogP contribution in [0.3, 0.4) is 0 Å². The van der Waals surface area contributed by atoms with E-state index in [4.69, 9.17) is 11.6 Å². The zero-order valence-corrected chi connectivity index (χ0v) is 14.3. The quantitative estimate of drug-likeness (QED) is 0.371. The molecule has 0 atom stereocenters. The van der Waals surface area contributed by atoms with Crippen LogP contribution in [0.2, 0.25) is 5.28 Å². The van der Waals surface area contributed by atoms with E-state index in [-0.39, 0.29) is 7.43 Å². The molecule has 0 aliphatic carbocycles. The lowest BCUT2D eigenvalue weighted by Crippen LogP contribution is -1.80. The number of hydrogen-bond donors (Lipinski definition) is 0. The maximum absolute atomic E-state index is 5.39. The van der Waals surface area contributed by atoms with E-state index in [1.54, 1.807) is 24.8 Å². The number of nitrogens with zero attached hydrogens (tertiary/aromatic N) is 4. The number of aromatic nitrogens is 4. The molecule has 92 valence electrons. The molecule has 0 aliphatic heterocycles. The van der Waals surface area contributed by atoms with Crippen molar-refractivity contribution in [2.75, 3.05) is 0 Å². The molecule has 0 bridgehead atoms. The van der Waals surface area contributed by atoms with Gasteiger partial charge >= 0.3 is 0 Å². The third kappa shape index (κ3) is 8.16. The van der Waals surface area contributed by atoms with Crippen LogP contribution >= 0.6 is 72.7 Å². The van der Waals surface area contributed by atoms with Crippen molar-refractivity contribution in [3.63, 3.8) is 0 Å². The molecule has 17 heavy (non-hydrogen) atoms. The van der Waals surface area contributed by atoms with Gasteiger partial charge in [0.25, 0.3) is 0 Å². The fraction of sp³-hybridized carbons (Fsp3) is 0.111. The maximum atomic E-state index is 5.39. The molecule has 0 aromatic carbocycles. The summed E-state index contributed by atoms with van der Waals surface area (Å²) >= 11 is 12.8. The molecule has 0 spiro atoms. The summed E-state index contributed by atoms with van der Waals surface area (Å²) < 4.78 is 2.68. The van der Waals surface area contributed by atoms with Gasteiger partial charge in [0.1, 0.15) is 0 Å². The van der Waals surface area contributed by atoms with Crippen LogP contribution in [0, 0.1) is 7.14 Å². The van der Waals surface area contributed by atoms with Crippen molar-refractivity contribution in [2.24, 2.45) is 0 Å². The predicted octanol–water partition coefficient (Wildman–Crippen LogP) is 4.21. The molecule has 0 fully saturated rings. The fourth-order valence-electron chi connectivity index (χ4n) is 0.593. The Bertz CT molecular complexity index is 352. The van der Waals surface area contributed by atoms with E-state index in [0.29, 0.717) is 10.0 Å². The van der Waals surface area contributed by atoms with Crippen molar-refractivity contribution < 1.29 is 0 Å². The predicted molar refractivity (Wildman–Crippen MR) is 88.9 cm³/mol. The van der Waals surface area contributed by atoms with Crippen LogP contribution in [0.25, 0.3) is 0 Å². The highest BCUT2D eigenvalue weighted by atomic mass is 127. The number of rotatable bonds is 0. The highest BCUT2D eigenvalue weighted by molar-refractivity contribution is 14.1. The average molecular weight is 541 g/mol. The Morgan fingerprint density at radius 3 is 1.53 bits per heavy atom. The summed E-state index contributed by atoms with van der Waals surface area (Å²) in [5.41, 5.74) is 0. The molecule has 0 aliphatic rings. The van der Waals surface area contributed by atoms with Crippen molar-refractivity contribution in [3.05, 3.63) is 41.9 Å². The Kier molecular flexibility index (Phi) is 9.55. The summed E-state index contributed by atoms with van der Waals surface area (Å²) in [6.45, 7) is 0. The Morgan fingerprint density at radius 1 is 0.882 bits per heavy atom. The lowest BCUT2D eigenvalue weighted by atomic mass is 10.7. The second-order valence-electron chi connectivity index (χ2n) is 2.34. The van der Waals surface area contributed by atoms with Gasteiger partial charge in [-0.2, -0.15) is 0 Å². The minimum absolute atomic E-state index is 0. The normalized spacial score (nSPS) is 8.71. The SMILES string of the molecule is Brc1ncc(I)cn1.C.Clc1ncc(I)cn1. The Hall–Kier alpha value is 0.390. The van der Waals surface area contributed by atoms with Crippen LogP contribution in [0.4, 0.5) is 0 Å². The molecule has 0 radical (unpaired) electrons. The van der Waals surface area contributed by atoms with E-state index >= 15 is 0 Å². The molecule has 0 saturated carbocycles. The second kappa shape index (κ2) is 9.34. The summed E-state index contributed by atoms with van der Waals surface area (Å²) in [7, 11) is 0. The van der Waals surface area contributed by atoms with Gasteiger partial charge in [-0.25, -0.2) is 19.9 Å². The standard InChI is InChI=1S/C4H2BrIN2.C4H2ClIN2.CH4/c2*5-4-7-1-3(6)2-8-4;/h2*1-2H;1H4. The van der Waals surface area contributed by atoms with Crippen LogP contribution < -0.4 is 0 Å². The molecular weight excluding hydrogens is 533 g/mol. The Labute approximate surface area is 140 Å². The molecule has 2 aromatic rings. The first-order valence-corrected chi connectivity index (χ1v) is 7.17. The van der Waals surface area contributed by atoms with E-state index in [0.717, 1.165) is 7.14 Å². The van der Waals surface area contributed by atoms with Gasteiger partial charge in [-0.1, -0.05) is 7.43 Å². The third-order valence-electron chi connectivity index (χ3n) is 1.18.